The Morgan fingerprint density at radius 1 is 1.53 bits per heavy atom. The molecule has 2 heterocycles. The zero-order valence-electron chi connectivity index (χ0n) is 10.5. The molecule has 2 fully saturated rings. The van der Waals surface area contributed by atoms with Crippen molar-refractivity contribution in [3.8, 4) is 0 Å². The molecule has 0 saturated carbocycles. The van der Waals surface area contributed by atoms with Crippen LogP contribution >= 0.6 is 11.8 Å². The molecule has 0 aromatic heterocycles. The molecule has 2 saturated heterocycles. The minimum absolute atomic E-state index is 0.0550. The van der Waals surface area contributed by atoms with Gasteiger partial charge in [-0.1, -0.05) is 32.0 Å². The van der Waals surface area contributed by atoms with Crippen LogP contribution in [0.2, 0.25) is 0 Å². The van der Waals surface area contributed by atoms with E-state index in [0.29, 0.717) is 12.3 Å². The van der Waals surface area contributed by atoms with Gasteiger partial charge in [0.2, 0.25) is 0 Å². The summed E-state index contributed by atoms with van der Waals surface area (Å²) in [4.78, 5) is 6.82. The fourth-order valence-corrected chi connectivity index (χ4v) is 3.47. The van der Waals surface area contributed by atoms with Gasteiger partial charge in [0, 0.05) is 18.8 Å². The van der Waals surface area contributed by atoms with Gasteiger partial charge in [-0.05, 0) is 12.3 Å². The average Bonchev–Trinajstić information content (AvgIpc) is 2.74. The number of amidine groups is 1. The van der Waals surface area contributed by atoms with E-state index in [1.165, 1.54) is 0 Å². The summed E-state index contributed by atoms with van der Waals surface area (Å²) in [7, 11) is 0. The first-order chi connectivity index (χ1) is 8.13. The molecule has 17 heavy (non-hydrogen) atoms. The van der Waals surface area contributed by atoms with Crippen LogP contribution < -0.4 is 0 Å². The molecule has 4 atom stereocenters. The van der Waals surface area contributed by atoms with Crippen molar-refractivity contribution in [2.24, 2.45) is 10.9 Å². The summed E-state index contributed by atoms with van der Waals surface area (Å²) in [6.45, 7) is 6.06. The molecule has 0 aromatic rings. The van der Waals surface area contributed by atoms with E-state index in [4.69, 9.17) is 0 Å². The average molecular weight is 258 g/mol. The smallest absolute Gasteiger partial charge is 0.159 e. The maximum absolute atomic E-state index is 9.93. The van der Waals surface area contributed by atoms with Gasteiger partial charge in [-0.3, -0.25) is 4.99 Å². The Balaban J connectivity index is 1.99. The number of aliphatic imine (C=N–C) groups is 1. The number of hydrogen-bond acceptors (Lipinski definition) is 4. The predicted octanol–water partition coefficient (Wildman–Crippen LogP) is 0.931. The summed E-state index contributed by atoms with van der Waals surface area (Å²) in [6, 6.07) is 0.0550. The molecule has 4 nitrogen and oxygen atoms in total. The Kier molecular flexibility index (Phi) is 4.33. The highest BCUT2D eigenvalue weighted by Gasteiger charge is 2.41. The third-order valence-electron chi connectivity index (χ3n) is 3.72. The van der Waals surface area contributed by atoms with Crippen LogP contribution in [-0.4, -0.2) is 57.4 Å². The minimum Gasteiger partial charge on any atom is -0.390 e. The molecule has 2 rings (SSSR count). The molecule has 0 amide bonds. The van der Waals surface area contributed by atoms with Crippen molar-refractivity contribution in [3.05, 3.63) is 0 Å². The van der Waals surface area contributed by atoms with Crippen LogP contribution in [0, 0.1) is 5.92 Å². The lowest BCUT2D eigenvalue weighted by Gasteiger charge is -2.37. The molecule has 2 N–H and O–H groups in total. The molecular formula is C12H22N2O2S. The quantitative estimate of drug-likeness (QED) is 0.791. The zero-order chi connectivity index (χ0) is 12.4. The molecule has 1 unspecified atom stereocenters. The van der Waals surface area contributed by atoms with E-state index in [1.54, 1.807) is 11.8 Å². The summed E-state index contributed by atoms with van der Waals surface area (Å²) in [5, 5.41) is 20.6. The molecule has 2 aliphatic heterocycles. The van der Waals surface area contributed by atoms with Crippen molar-refractivity contribution in [1.29, 1.82) is 0 Å². The molecular weight excluding hydrogens is 236 g/mol. The lowest BCUT2D eigenvalue weighted by atomic mass is 9.98. The van der Waals surface area contributed by atoms with Crippen LogP contribution in [0.3, 0.4) is 0 Å². The molecule has 0 aromatic carbocycles. The molecule has 2 aliphatic rings. The number of thioether (sulfide) groups is 1. The lowest BCUT2D eigenvalue weighted by molar-refractivity contribution is -0.0470. The highest BCUT2D eigenvalue weighted by molar-refractivity contribution is 8.14. The molecule has 0 bridgehead atoms. The van der Waals surface area contributed by atoms with Crippen molar-refractivity contribution in [2.75, 3.05) is 18.8 Å². The topological polar surface area (TPSA) is 56.1 Å². The number of rotatable bonds is 3. The highest BCUT2D eigenvalue weighted by Crippen LogP contribution is 2.31. The number of aliphatic hydroxyl groups is 2. The number of nitrogens with zero attached hydrogens (tertiary/aromatic N) is 2. The van der Waals surface area contributed by atoms with Gasteiger partial charge in [-0.15, -0.1) is 0 Å². The lowest BCUT2D eigenvalue weighted by Crippen LogP contribution is -2.53. The van der Waals surface area contributed by atoms with Gasteiger partial charge >= 0.3 is 0 Å². The van der Waals surface area contributed by atoms with E-state index in [0.717, 1.165) is 30.4 Å². The summed E-state index contributed by atoms with van der Waals surface area (Å²) in [5.74, 6) is 1.46. The van der Waals surface area contributed by atoms with E-state index >= 15 is 0 Å². The number of fused-ring (bicyclic) bond motifs is 1. The van der Waals surface area contributed by atoms with Gasteiger partial charge in [0.1, 0.15) is 6.10 Å². The van der Waals surface area contributed by atoms with Crippen molar-refractivity contribution in [3.63, 3.8) is 0 Å². The largest absolute Gasteiger partial charge is 0.390 e. The first kappa shape index (κ1) is 13.2. The van der Waals surface area contributed by atoms with Crippen LogP contribution in [0.1, 0.15) is 26.7 Å². The van der Waals surface area contributed by atoms with Crippen LogP contribution in [0.5, 0.6) is 0 Å². The van der Waals surface area contributed by atoms with Crippen molar-refractivity contribution < 1.29 is 10.2 Å². The summed E-state index contributed by atoms with van der Waals surface area (Å²) < 4.78 is 0. The Morgan fingerprint density at radius 2 is 2.29 bits per heavy atom. The summed E-state index contributed by atoms with van der Waals surface area (Å²) >= 11 is 1.71. The maximum atomic E-state index is 9.93. The normalized spacial score (nSPS) is 37.3. The first-order valence-electron chi connectivity index (χ1n) is 6.43. The molecule has 0 aliphatic carbocycles. The molecule has 0 spiro atoms. The summed E-state index contributed by atoms with van der Waals surface area (Å²) in [6.07, 6.45) is 0.602. The SMILES string of the molecule is CCC(C)CN=C1SC[C@@H]2[C@@H](O)[C@H](O)CCN12. The van der Waals surface area contributed by atoms with Gasteiger partial charge in [0.25, 0.3) is 0 Å². The monoisotopic (exact) mass is 258 g/mol. The second kappa shape index (κ2) is 5.59. The van der Waals surface area contributed by atoms with Gasteiger partial charge in [0.15, 0.2) is 5.17 Å². The fourth-order valence-electron chi connectivity index (χ4n) is 2.22. The predicted molar refractivity (Wildman–Crippen MR) is 71.3 cm³/mol. The van der Waals surface area contributed by atoms with Gasteiger partial charge in [0.05, 0.1) is 12.1 Å². The highest BCUT2D eigenvalue weighted by atomic mass is 32.2. The Morgan fingerprint density at radius 3 is 3.00 bits per heavy atom. The zero-order valence-corrected chi connectivity index (χ0v) is 11.4. The van der Waals surface area contributed by atoms with Crippen molar-refractivity contribution >= 4 is 16.9 Å². The third-order valence-corrected chi connectivity index (χ3v) is 4.85. The summed E-state index contributed by atoms with van der Waals surface area (Å²) in [5.41, 5.74) is 0. The van der Waals surface area contributed by atoms with E-state index in [2.05, 4.69) is 23.7 Å². The molecule has 0 radical (unpaired) electrons. The van der Waals surface area contributed by atoms with Gasteiger partial charge in [-0.2, -0.15) is 0 Å². The molecule has 98 valence electrons. The Labute approximate surface area is 107 Å². The van der Waals surface area contributed by atoms with Gasteiger partial charge in [-0.25, -0.2) is 0 Å². The van der Waals surface area contributed by atoms with Gasteiger partial charge < -0.3 is 15.1 Å². The van der Waals surface area contributed by atoms with E-state index in [9.17, 15) is 10.2 Å². The number of piperidine rings is 1. The second-order valence-corrected chi connectivity index (χ2v) is 6.04. The van der Waals surface area contributed by atoms with Crippen molar-refractivity contribution in [1.82, 2.24) is 4.90 Å². The van der Waals surface area contributed by atoms with E-state index in [-0.39, 0.29) is 6.04 Å². The van der Waals surface area contributed by atoms with Crippen molar-refractivity contribution in [2.45, 2.75) is 44.9 Å². The fraction of sp³-hybridized carbons (Fsp3) is 0.917. The Hall–Kier alpha value is -0.260. The molecule has 5 heteroatoms. The third kappa shape index (κ3) is 2.77. The van der Waals surface area contributed by atoms with Crippen LogP contribution in [-0.2, 0) is 0 Å². The second-order valence-electron chi connectivity index (χ2n) is 5.06. The van der Waals surface area contributed by atoms with Crippen LogP contribution in [0.15, 0.2) is 4.99 Å². The standard InChI is InChI=1S/C12H22N2O2S/c1-3-8(2)6-13-12-14-5-4-10(15)11(16)9(14)7-17-12/h8-11,15-16H,3-7H2,1-2H3/t8?,9-,10-,11-/m1/s1. The minimum atomic E-state index is -0.618. The maximum Gasteiger partial charge on any atom is 0.159 e. The van der Waals surface area contributed by atoms with E-state index < -0.39 is 12.2 Å². The number of hydrogen-bond donors (Lipinski definition) is 2. The number of aliphatic hydroxyl groups excluding tert-OH is 2. The van der Waals surface area contributed by atoms with Crippen LogP contribution in [0.25, 0.3) is 0 Å². The van der Waals surface area contributed by atoms with Crippen LogP contribution in [0.4, 0.5) is 0 Å². The van der Waals surface area contributed by atoms with E-state index in [1.807, 2.05) is 0 Å². The Bertz CT molecular complexity index is 298. The first-order valence-corrected chi connectivity index (χ1v) is 7.42.